The Bertz CT molecular complexity index is 1000. The van der Waals surface area contributed by atoms with E-state index in [1.807, 2.05) is 32.9 Å². The number of rotatable bonds is 8. The van der Waals surface area contributed by atoms with Crippen LogP contribution in [0.2, 0.25) is 0 Å². The summed E-state index contributed by atoms with van der Waals surface area (Å²) in [5, 5.41) is 1.92. The molecule has 2 aliphatic heterocycles. The number of anilines is 1. The number of benzene rings is 1. The minimum Gasteiger partial charge on any atom is -0.493 e. The zero-order valence-corrected chi connectivity index (χ0v) is 22.1. The third kappa shape index (κ3) is 7.06. The molecule has 0 saturated carbocycles. The molecule has 1 unspecified atom stereocenters. The van der Waals surface area contributed by atoms with Crippen molar-refractivity contribution < 1.29 is 28.6 Å². The molecule has 3 amide bonds. The highest BCUT2D eigenvalue weighted by Gasteiger charge is 2.29. The number of imide groups is 1. The largest absolute Gasteiger partial charge is 0.493 e. The molecule has 1 N–H and O–H groups in total. The van der Waals surface area contributed by atoms with Gasteiger partial charge in [0.05, 0.1) is 19.1 Å². The SMILES string of the molecule is COc1cc(/C=C2\SC(=O)NC2=O)c(N2CCC(CCCN(C)C(=O)OC(C)(C)C)C2)cc1OC. The number of carbonyl (C=O) groups excluding carboxylic acids is 3. The Morgan fingerprint density at radius 2 is 1.91 bits per heavy atom. The molecule has 2 aliphatic rings. The fraction of sp³-hybridized carbons (Fsp3) is 0.560. The van der Waals surface area contributed by atoms with Crippen molar-refractivity contribution in [3.63, 3.8) is 0 Å². The summed E-state index contributed by atoms with van der Waals surface area (Å²) in [6, 6.07) is 3.75. The first-order chi connectivity index (χ1) is 16.5. The molecule has 1 aromatic rings. The first-order valence-corrected chi connectivity index (χ1v) is 12.5. The van der Waals surface area contributed by atoms with E-state index in [1.165, 1.54) is 0 Å². The molecule has 10 heteroatoms. The predicted octanol–water partition coefficient (Wildman–Crippen LogP) is 4.50. The Hall–Kier alpha value is -2.88. The summed E-state index contributed by atoms with van der Waals surface area (Å²) in [5.41, 5.74) is 1.21. The van der Waals surface area contributed by atoms with Crippen LogP contribution in [0.1, 0.15) is 45.6 Å². The Morgan fingerprint density at radius 1 is 1.23 bits per heavy atom. The Kier molecular flexibility index (Phi) is 8.58. The maximum Gasteiger partial charge on any atom is 0.410 e. The summed E-state index contributed by atoms with van der Waals surface area (Å²) in [6.07, 6.45) is 4.32. The first kappa shape index (κ1) is 26.7. The second kappa shape index (κ2) is 11.2. The van der Waals surface area contributed by atoms with Crippen LogP contribution in [0.25, 0.3) is 6.08 Å². The average molecular weight is 506 g/mol. The van der Waals surface area contributed by atoms with Crippen LogP contribution in [0.3, 0.4) is 0 Å². The van der Waals surface area contributed by atoms with Crippen molar-refractivity contribution in [1.29, 1.82) is 0 Å². The summed E-state index contributed by atoms with van der Waals surface area (Å²) >= 11 is 0.892. The Labute approximate surface area is 211 Å². The molecule has 2 fully saturated rings. The highest BCUT2D eigenvalue weighted by molar-refractivity contribution is 8.18. The van der Waals surface area contributed by atoms with Gasteiger partial charge < -0.3 is 24.0 Å². The smallest absolute Gasteiger partial charge is 0.410 e. The molecule has 9 nitrogen and oxygen atoms in total. The van der Waals surface area contributed by atoms with E-state index in [-0.39, 0.29) is 11.3 Å². The molecule has 3 rings (SSSR count). The van der Waals surface area contributed by atoms with Gasteiger partial charge in [0.2, 0.25) is 0 Å². The third-order valence-corrected chi connectivity index (χ3v) is 6.71. The van der Waals surface area contributed by atoms with Crippen molar-refractivity contribution in [2.24, 2.45) is 5.92 Å². The quantitative estimate of drug-likeness (QED) is 0.516. The van der Waals surface area contributed by atoms with Gasteiger partial charge in [0.1, 0.15) is 5.60 Å². The van der Waals surface area contributed by atoms with Crippen LogP contribution in [-0.2, 0) is 9.53 Å². The van der Waals surface area contributed by atoms with Gasteiger partial charge in [0.15, 0.2) is 11.5 Å². The van der Waals surface area contributed by atoms with Crippen molar-refractivity contribution in [3.8, 4) is 11.5 Å². The Balaban J connectivity index is 1.69. The van der Waals surface area contributed by atoms with E-state index in [0.29, 0.717) is 28.9 Å². The lowest BCUT2D eigenvalue weighted by Gasteiger charge is -2.25. The van der Waals surface area contributed by atoms with Gasteiger partial charge in [-0.3, -0.25) is 14.9 Å². The fourth-order valence-electron chi connectivity index (χ4n) is 4.17. The summed E-state index contributed by atoms with van der Waals surface area (Å²) < 4.78 is 16.4. The summed E-state index contributed by atoms with van der Waals surface area (Å²) in [4.78, 5) is 40.2. The van der Waals surface area contributed by atoms with Gasteiger partial charge in [-0.15, -0.1) is 0 Å². The van der Waals surface area contributed by atoms with E-state index in [9.17, 15) is 14.4 Å². The first-order valence-electron chi connectivity index (χ1n) is 11.7. The zero-order valence-electron chi connectivity index (χ0n) is 21.3. The molecule has 35 heavy (non-hydrogen) atoms. The van der Waals surface area contributed by atoms with E-state index in [0.717, 1.165) is 55.4 Å². The molecule has 0 aliphatic carbocycles. The average Bonchev–Trinajstić information content (AvgIpc) is 3.37. The second-order valence-electron chi connectivity index (χ2n) is 9.76. The summed E-state index contributed by atoms with van der Waals surface area (Å²) in [6.45, 7) is 7.93. The highest BCUT2D eigenvalue weighted by Crippen LogP contribution is 2.40. The topological polar surface area (TPSA) is 97.4 Å². The summed E-state index contributed by atoms with van der Waals surface area (Å²) in [5.74, 6) is 1.24. The number of ether oxygens (including phenoxy) is 3. The lowest BCUT2D eigenvalue weighted by molar-refractivity contribution is -0.115. The van der Waals surface area contributed by atoms with Crippen LogP contribution >= 0.6 is 11.8 Å². The van der Waals surface area contributed by atoms with E-state index >= 15 is 0 Å². The van der Waals surface area contributed by atoms with E-state index in [1.54, 1.807) is 32.2 Å². The van der Waals surface area contributed by atoms with Crippen molar-refractivity contribution in [2.45, 2.75) is 45.6 Å². The van der Waals surface area contributed by atoms with Crippen LogP contribution in [-0.4, -0.2) is 68.6 Å². The van der Waals surface area contributed by atoms with Gasteiger partial charge in [-0.05, 0) is 69.9 Å². The number of thioether (sulfide) groups is 1. The van der Waals surface area contributed by atoms with E-state index < -0.39 is 11.5 Å². The lowest BCUT2D eigenvalue weighted by atomic mass is 10.0. The van der Waals surface area contributed by atoms with Gasteiger partial charge in [0.25, 0.3) is 11.1 Å². The summed E-state index contributed by atoms with van der Waals surface area (Å²) in [7, 11) is 4.92. The molecule has 2 heterocycles. The molecule has 2 saturated heterocycles. The van der Waals surface area contributed by atoms with Gasteiger partial charge in [-0.2, -0.15) is 0 Å². The monoisotopic (exact) mass is 505 g/mol. The number of hydrogen-bond donors (Lipinski definition) is 1. The van der Waals surface area contributed by atoms with Gasteiger partial charge in [-0.1, -0.05) is 0 Å². The van der Waals surface area contributed by atoms with Crippen molar-refractivity contribution >= 4 is 40.8 Å². The molecule has 0 aromatic heterocycles. The number of hydrogen-bond acceptors (Lipinski definition) is 8. The van der Waals surface area contributed by atoms with Crippen LogP contribution < -0.4 is 19.7 Å². The molecular formula is C25H35N3O6S. The molecular weight excluding hydrogens is 470 g/mol. The third-order valence-electron chi connectivity index (χ3n) is 5.90. The minimum absolute atomic E-state index is 0.305. The standard InChI is InChI=1S/C25H35N3O6S/c1-25(2,3)34-24(31)27(4)10-7-8-16-9-11-28(15-16)18-14-20(33-6)19(32-5)12-17(18)13-21-22(29)26-23(30)35-21/h12-14,16H,7-11,15H2,1-6H3,(H,26,29,30)/b21-13-. The molecule has 1 aromatic carbocycles. The number of carbonyl (C=O) groups is 3. The van der Waals surface area contributed by atoms with Crippen LogP contribution in [0.15, 0.2) is 17.0 Å². The van der Waals surface area contributed by atoms with Crippen molar-refractivity contribution in [3.05, 3.63) is 22.6 Å². The minimum atomic E-state index is -0.505. The molecule has 0 radical (unpaired) electrons. The van der Waals surface area contributed by atoms with E-state index in [2.05, 4.69) is 10.2 Å². The van der Waals surface area contributed by atoms with Gasteiger partial charge >= 0.3 is 6.09 Å². The molecule has 1 atom stereocenters. The fourth-order valence-corrected chi connectivity index (χ4v) is 4.84. The van der Waals surface area contributed by atoms with Crippen LogP contribution in [0.4, 0.5) is 15.3 Å². The van der Waals surface area contributed by atoms with Gasteiger partial charge in [0, 0.05) is 44.0 Å². The molecule has 0 spiro atoms. The maximum absolute atomic E-state index is 12.2. The highest BCUT2D eigenvalue weighted by atomic mass is 32.2. The lowest BCUT2D eigenvalue weighted by Crippen LogP contribution is -2.34. The van der Waals surface area contributed by atoms with Crippen molar-refractivity contribution in [1.82, 2.24) is 10.2 Å². The number of nitrogens with one attached hydrogen (secondary N) is 1. The number of amides is 3. The van der Waals surface area contributed by atoms with Crippen molar-refractivity contribution in [2.75, 3.05) is 45.8 Å². The normalized spacial score (nSPS) is 19.2. The van der Waals surface area contributed by atoms with E-state index in [4.69, 9.17) is 14.2 Å². The molecule has 0 bridgehead atoms. The maximum atomic E-state index is 12.2. The van der Waals surface area contributed by atoms with Crippen LogP contribution in [0.5, 0.6) is 11.5 Å². The number of nitrogens with zero attached hydrogens (tertiary/aromatic N) is 2. The van der Waals surface area contributed by atoms with Gasteiger partial charge in [-0.25, -0.2) is 4.79 Å². The zero-order chi connectivity index (χ0) is 25.8. The molecule has 192 valence electrons. The predicted molar refractivity (Wildman–Crippen MR) is 137 cm³/mol. The Morgan fingerprint density at radius 3 is 2.51 bits per heavy atom. The number of methoxy groups -OCH3 is 2. The second-order valence-corrected chi connectivity index (χ2v) is 10.8. The van der Waals surface area contributed by atoms with Crippen LogP contribution in [0, 0.1) is 5.92 Å².